The van der Waals surface area contributed by atoms with E-state index < -0.39 is 14.6 Å². The number of nitrogens with zero attached hydrogens (tertiary/aromatic N) is 1. The van der Waals surface area contributed by atoms with Crippen LogP contribution in [0.3, 0.4) is 0 Å². The van der Waals surface area contributed by atoms with Gasteiger partial charge in [-0.25, -0.2) is 8.42 Å². The molecule has 1 saturated heterocycles. The standard InChI is InChI=1S/C14H28N2O3S/c1-5-10-16(11-12-8-6-7-9-15-12)13(17)14(2,3)20(4,18)19/h12,15H,5-11H2,1-4H3. The van der Waals surface area contributed by atoms with E-state index in [0.29, 0.717) is 13.1 Å². The molecule has 0 bridgehead atoms. The number of carbonyl (C=O) groups is 1. The van der Waals surface area contributed by atoms with Gasteiger partial charge < -0.3 is 10.2 Å². The van der Waals surface area contributed by atoms with Gasteiger partial charge in [0.25, 0.3) is 0 Å². The predicted octanol–water partition coefficient (Wildman–Crippen LogP) is 1.19. The number of nitrogens with one attached hydrogen (secondary N) is 1. The number of piperidine rings is 1. The summed E-state index contributed by atoms with van der Waals surface area (Å²) in [5, 5.41) is 3.41. The van der Waals surface area contributed by atoms with Gasteiger partial charge in [0, 0.05) is 25.4 Å². The highest BCUT2D eigenvalue weighted by atomic mass is 32.2. The Kier molecular flexibility index (Phi) is 6.01. The Hall–Kier alpha value is -0.620. The summed E-state index contributed by atoms with van der Waals surface area (Å²) >= 11 is 0. The molecule has 1 unspecified atom stereocenters. The molecule has 1 fully saturated rings. The minimum absolute atomic E-state index is 0.283. The summed E-state index contributed by atoms with van der Waals surface area (Å²) in [6, 6.07) is 0.287. The number of hydrogen-bond acceptors (Lipinski definition) is 4. The van der Waals surface area contributed by atoms with Crippen molar-refractivity contribution >= 4 is 15.7 Å². The number of carbonyl (C=O) groups excluding carboxylic acids is 1. The molecule has 0 aromatic carbocycles. The molecular weight excluding hydrogens is 276 g/mol. The first kappa shape index (κ1) is 17.4. The molecule has 0 radical (unpaired) electrons. The minimum Gasteiger partial charge on any atom is -0.340 e. The fourth-order valence-corrected chi connectivity index (χ4v) is 2.88. The second-order valence-electron chi connectivity index (χ2n) is 6.18. The van der Waals surface area contributed by atoms with Crippen LogP contribution in [0.5, 0.6) is 0 Å². The quantitative estimate of drug-likeness (QED) is 0.800. The molecule has 1 atom stereocenters. The van der Waals surface area contributed by atoms with Crippen molar-refractivity contribution in [1.82, 2.24) is 10.2 Å². The third-order valence-electron chi connectivity index (χ3n) is 4.08. The Morgan fingerprint density at radius 2 is 2.00 bits per heavy atom. The average Bonchev–Trinajstić information content (AvgIpc) is 2.37. The zero-order chi connectivity index (χ0) is 15.4. The molecule has 5 nitrogen and oxygen atoms in total. The Labute approximate surface area is 123 Å². The van der Waals surface area contributed by atoms with Gasteiger partial charge >= 0.3 is 0 Å². The van der Waals surface area contributed by atoms with Gasteiger partial charge in [-0.1, -0.05) is 13.3 Å². The molecule has 1 N–H and O–H groups in total. The molecule has 0 aromatic heterocycles. The molecule has 20 heavy (non-hydrogen) atoms. The lowest BCUT2D eigenvalue weighted by Gasteiger charge is -2.34. The minimum atomic E-state index is -3.42. The highest BCUT2D eigenvalue weighted by molar-refractivity contribution is 7.92. The van der Waals surface area contributed by atoms with E-state index in [1.165, 1.54) is 26.7 Å². The Balaban J connectivity index is 2.81. The lowest BCUT2D eigenvalue weighted by Crippen LogP contribution is -2.54. The molecule has 0 saturated carbocycles. The summed E-state index contributed by atoms with van der Waals surface area (Å²) in [5.41, 5.74) is 0. The van der Waals surface area contributed by atoms with Crippen LogP contribution in [0, 0.1) is 0 Å². The zero-order valence-electron chi connectivity index (χ0n) is 13.1. The van der Waals surface area contributed by atoms with E-state index in [1.807, 2.05) is 6.92 Å². The third-order valence-corrected chi connectivity index (χ3v) is 6.10. The molecule has 1 heterocycles. The smallest absolute Gasteiger partial charge is 0.243 e. The first-order valence-electron chi connectivity index (χ1n) is 7.42. The molecule has 6 heteroatoms. The first-order valence-corrected chi connectivity index (χ1v) is 9.31. The van der Waals surface area contributed by atoms with Crippen molar-refractivity contribution in [3.05, 3.63) is 0 Å². The van der Waals surface area contributed by atoms with Gasteiger partial charge in [0.15, 0.2) is 9.84 Å². The molecule has 0 spiro atoms. The van der Waals surface area contributed by atoms with Gasteiger partial charge in [-0.15, -0.1) is 0 Å². The van der Waals surface area contributed by atoms with Gasteiger partial charge in [0.05, 0.1) is 0 Å². The predicted molar refractivity (Wildman–Crippen MR) is 81.4 cm³/mol. The zero-order valence-corrected chi connectivity index (χ0v) is 13.9. The summed E-state index contributed by atoms with van der Waals surface area (Å²) in [5.74, 6) is -0.283. The van der Waals surface area contributed by atoms with Crippen molar-refractivity contribution in [2.45, 2.75) is 57.2 Å². The number of hydrogen-bond donors (Lipinski definition) is 1. The Morgan fingerprint density at radius 3 is 2.45 bits per heavy atom. The summed E-state index contributed by atoms with van der Waals surface area (Å²) < 4.78 is 22.3. The van der Waals surface area contributed by atoms with Crippen molar-refractivity contribution < 1.29 is 13.2 Å². The van der Waals surface area contributed by atoms with Gasteiger partial charge in [0.2, 0.25) is 5.91 Å². The Morgan fingerprint density at radius 1 is 1.35 bits per heavy atom. The second kappa shape index (κ2) is 6.89. The van der Waals surface area contributed by atoms with Crippen LogP contribution in [0.25, 0.3) is 0 Å². The van der Waals surface area contributed by atoms with Gasteiger partial charge in [-0.05, 0) is 39.7 Å². The maximum atomic E-state index is 12.6. The van der Waals surface area contributed by atoms with E-state index in [0.717, 1.165) is 25.6 Å². The summed E-state index contributed by atoms with van der Waals surface area (Å²) in [6.07, 6.45) is 5.35. The van der Waals surface area contributed by atoms with Crippen LogP contribution in [-0.2, 0) is 14.6 Å². The molecule has 1 amide bonds. The lowest BCUT2D eigenvalue weighted by atomic mass is 10.0. The van der Waals surface area contributed by atoms with E-state index in [2.05, 4.69) is 5.32 Å². The van der Waals surface area contributed by atoms with Crippen molar-refractivity contribution in [3.8, 4) is 0 Å². The molecule has 0 aliphatic carbocycles. The topological polar surface area (TPSA) is 66.5 Å². The van der Waals surface area contributed by atoms with Crippen LogP contribution in [0.15, 0.2) is 0 Å². The lowest BCUT2D eigenvalue weighted by molar-refractivity contribution is -0.133. The van der Waals surface area contributed by atoms with E-state index in [9.17, 15) is 13.2 Å². The highest BCUT2D eigenvalue weighted by Gasteiger charge is 2.41. The van der Waals surface area contributed by atoms with E-state index >= 15 is 0 Å². The third kappa shape index (κ3) is 4.19. The number of rotatable bonds is 6. The van der Waals surface area contributed by atoms with Crippen LogP contribution >= 0.6 is 0 Å². The molecular formula is C14H28N2O3S. The normalized spacial score (nSPS) is 20.7. The summed E-state index contributed by atoms with van der Waals surface area (Å²) in [4.78, 5) is 14.3. The van der Waals surface area contributed by atoms with Crippen molar-refractivity contribution in [3.63, 3.8) is 0 Å². The number of sulfone groups is 1. The van der Waals surface area contributed by atoms with Crippen LogP contribution < -0.4 is 5.32 Å². The molecule has 118 valence electrons. The van der Waals surface area contributed by atoms with Gasteiger partial charge in [0.1, 0.15) is 4.75 Å². The monoisotopic (exact) mass is 304 g/mol. The van der Waals surface area contributed by atoms with E-state index in [-0.39, 0.29) is 11.9 Å². The molecule has 1 aliphatic rings. The van der Waals surface area contributed by atoms with Gasteiger partial charge in [-0.2, -0.15) is 0 Å². The fraction of sp³-hybridized carbons (Fsp3) is 0.929. The van der Waals surface area contributed by atoms with Crippen LogP contribution in [0.2, 0.25) is 0 Å². The van der Waals surface area contributed by atoms with Crippen molar-refractivity contribution in [2.24, 2.45) is 0 Å². The van der Waals surface area contributed by atoms with E-state index in [4.69, 9.17) is 0 Å². The summed E-state index contributed by atoms with van der Waals surface area (Å²) in [7, 11) is -3.42. The largest absolute Gasteiger partial charge is 0.340 e. The van der Waals surface area contributed by atoms with Gasteiger partial charge in [-0.3, -0.25) is 4.79 Å². The molecule has 1 rings (SSSR count). The Bertz CT molecular complexity index is 426. The van der Waals surface area contributed by atoms with Crippen molar-refractivity contribution in [2.75, 3.05) is 25.9 Å². The van der Waals surface area contributed by atoms with E-state index in [1.54, 1.807) is 4.90 Å². The first-order chi connectivity index (χ1) is 9.20. The average molecular weight is 304 g/mol. The highest BCUT2D eigenvalue weighted by Crippen LogP contribution is 2.20. The van der Waals surface area contributed by atoms with Crippen LogP contribution in [-0.4, -0.2) is 55.9 Å². The van der Waals surface area contributed by atoms with Crippen LogP contribution in [0.4, 0.5) is 0 Å². The number of amides is 1. The second-order valence-corrected chi connectivity index (χ2v) is 8.75. The maximum Gasteiger partial charge on any atom is 0.243 e. The van der Waals surface area contributed by atoms with Crippen molar-refractivity contribution in [1.29, 1.82) is 0 Å². The molecule has 0 aromatic rings. The van der Waals surface area contributed by atoms with Crippen LogP contribution in [0.1, 0.15) is 46.5 Å². The maximum absolute atomic E-state index is 12.6. The fourth-order valence-electron chi connectivity index (χ4n) is 2.43. The molecule has 1 aliphatic heterocycles. The summed E-state index contributed by atoms with van der Waals surface area (Å²) in [6.45, 7) is 7.20. The SMILES string of the molecule is CCCN(CC1CCCCN1)C(=O)C(C)(C)S(C)(=O)=O.